The summed E-state index contributed by atoms with van der Waals surface area (Å²) in [6.45, 7) is 0. The highest BCUT2D eigenvalue weighted by atomic mass is 79.9. The third-order valence-corrected chi connectivity index (χ3v) is 1.74. The number of anilines is 1. The summed E-state index contributed by atoms with van der Waals surface area (Å²) in [6.07, 6.45) is 0. The van der Waals surface area contributed by atoms with Crippen LogP contribution in [0, 0.1) is 11.6 Å². The van der Waals surface area contributed by atoms with Crippen molar-refractivity contribution in [2.45, 2.75) is 0 Å². The Morgan fingerprint density at radius 1 is 1.36 bits per heavy atom. The normalized spacial score (nSPS) is 10.1. The van der Waals surface area contributed by atoms with Gasteiger partial charge in [-0.05, 0) is 22.0 Å². The van der Waals surface area contributed by atoms with Crippen LogP contribution in [0.5, 0.6) is 5.75 Å². The SMILES string of the molecule is Nc1cc(Br)c(F)c(F)c1O. The van der Waals surface area contributed by atoms with Crippen LogP contribution in [0.1, 0.15) is 0 Å². The molecule has 0 radical (unpaired) electrons. The van der Waals surface area contributed by atoms with Crippen LogP contribution in [-0.4, -0.2) is 5.11 Å². The predicted octanol–water partition coefficient (Wildman–Crippen LogP) is 2.02. The Kier molecular flexibility index (Phi) is 1.99. The lowest BCUT2D eigenvalue weighted by Crippen LogP contribution is -1.93. The maximum absolute atomic E-state index is 12.5. The number of halogens is 3. The molecular weight excluding hydrogens is 220 g/mol. The number of phenols is 1. The van der Waals surface area contributed by atoms with E-state index in [2.05, 4.69) is 15.9 Å². The van der Waals surface area contributed by atoms with Gasteiger partial charge in [0.1, 0.15) is 0 Å². The van der Waals surface area contributed by atoms with Gasteiger partial charge in [-0.25, -0.2) is 4.39 Å². The Labute approximate surface area is 69.8 Å². The molecule has 3 N–H and O–H groups in total. The lowest BCUT2D eigenvalue weighted by molar-refractivity contribution is 0.408. The molecule has 0 saturated carbocycles. The first-order valence-corrected chi connectivity index (χ1v) is 3.45. The molecule has 0 amide bonds. The van der Waals surface area contributed by atoms with Crippen LogP contribution in [0.25, 0.3) is 0 Å². The van der Waals surface area contributed by atoms with E-state index >= 15 is 0 Å². The van der Waals surface area contributed by atoms with Gasteiger partial charge in [0, 0.05) is 0 Å². The molecule has 0 aromatic heterocycles. The van der Waals surface area contributed by atoms with Crippen molar-refractivity contribution < 1.29 is 13.9 Å². The first kappa shape index (κ1) is 8.26. The van der Waals surface area contributed by atoms with Gasteiger partial charge in [-0.1, -0.05) is 0 Å². The summed E-state index contributed by atoms with van der Waals surface area (Å²) < 4.78 is 24.9. The van der Waals surface area contributed by atoms with Gasteiger partial charge in [-0.15, -0.1) is 0 Å². The second-order valence-corrected chi connectivity index (χ2v) is 2.78. The Hall–Kier alpha value is -0.840. The van der Waals surface area contributed by atoms with Crippen molar-refractivity contribution in [1.82, 2.24) is 0 Å². The van der Waals surface area contributed by atoms with Crippen molar-refractivity contribution in [3.05, 3.63) is 22.2 Å². The van der Waals surface area contributed by atoms with Gasteiger partial charge >= 0.3 is 0 Å². The summed E-state index contributed by atoms with van der Waals surface area (Å²) in [6, 6.07) is 1.09. The number of rotatable bonds is 0. The summed E-state index contributed by atoms with van der Waals surface area (Å²) in [7, 11) is 0. The van der Waals surface area contributed by atoms with E-state index in [9.17, 15) is 8.78 Å². The molecule has 0 aliphatic heterocycles. The highest BCUT2D eigenvalue weighted by Gasteiger charge is 2.14. The van der Waals surface area contributed by atoms with E-state index in [0.717, 1.165) is 6.07 Å². The molecule has 60 valence electrons. The van der Waals surface area contributed by atoms with Gasteiger partial charge in [0.25, 0.3) is 0 Å². The average molecular weight is 224 g/mol. The summed E-state index contributed by atoms with van der Waals surface area (Å²) in [4.78, 5) is 0. The smallest absolute Gasteiger partial charge is 0.203 e. The van der Waals surface area contributed by atoms with Gasteiger partial charge in [0.2, 0.25) is 5.82 Å². The summed E-state index contributed by atoms with van der Waals surface area (Å²) in [5.74, 6) is -3.33. The maximum Gasteiger partial charge on any atom is 0.203 e. The van der Waals surface area contributed by atoms with E-state index in [4.69, 9.17) is 10.8 Å². The molecule has 0 heterocycles. The van der Waals surface area contributed by atoms with E-state index in [1.165, 1.54) is 0 Å². The lowest BCUT2D eigenvalue weighted by atomic mass is 10.3. The molecule has 11 heavy (non-hydrogen) atoms. The molecule has 0 unspecified atom stereocenters. The van der Waals surface area contributed by atoms with E-state index in [-0.39, 0.29) is 10.2 Å². The van der Waals surface area contributed by atoms with Crippen LogP contribution in [-0.2, 0) is 0 Å². The Morgan fingerprint density at radius 2 is 1.91 bits per heavy atom. The van der Waals surface area contributed by atoms with Crippen LogP contribution in [0.4, 0.5) is 14.5 Å². The Bertz CT molecular complexity index is 277. The Balaban J connectivity index is 3.46. The minimum Gasteiger partial charge on any atom is -0.503 e. The number of hydrogen-bond acceptors (Lipinski definition) is 2. The first-order chi connectivity index (χ1) is 5.04. The highest BCUT2D eigenvalue weighted by molar-refractivity contribution is 9.10. The molecule has 2 nitrogen and oxygen atoms in total. The van der Waals surface area contributed by atoms with Crippen molar-refractivity contribution in [2.75, 3.05) is 5.73 Å². The summed E-state index contributed by atoms with van der Waals surface area (Å²) in [5, 5.41) is 8.75. The minimum absolute atomic E-state index is 0.106. The van der Waals surface area contributed by atoms with Gasteiger partial charge in [-0.2, -0.15) is 4.39 Å². The number of phenolic OH excluding ortho intramolecular Hbond substituents is 1. The average Bonchev–Trinajstić information content (AvgIpc) is 1.97. The third kappa shape index (κ3) is 1.28. The van der Waals surface area contributed by atoms with Gasteiger partial charge < -0.3 is 10.8 Å². The highest BCUT2D eigenvalue weighted by Crippen LogP contribution is 2.30. The van der Waals surface area contributed by atoms with Crippen molar-refractivity contribution in [3.8, 4) is 5.75 Å². The van der Waals surface area contributed by atoms with Crippen molar-refractivity contribution in [2.24, 2.45) is 0 Å². The van der Waals surface area contributed by atoms with Crippen LogP contribution < -0.4 is 5.73 Å². The molecular formula is C6H4BrF2NO. The zero-order valence-corrected chi connectivity index (χ0v) is 6.82. The fourth-order valence-corrected chi connectivity index (χ4v) is 1.02. The van der Waals surface area contributed by atoms with E-state index in [0.29, 0.717) is 0 Å². The molecule has 1 aromatic carbocycles. The molecule has 0 atom stereocenters. The standard InChI is InChI=1S/C6H4BrF2NO/c7-2-1-3(10)6(11)5(9)4(2)8/h1,11H,10H2. The van der Waals surface area contributed by atoms with Crippen LogP contribution in [0.2, 0.25) is 0 Å². The second kappa shape index (κ2) is 2.65. The van der Waals surface area contributed by atoms with Crippen molar-refractivity contribution in [3.63, 3.8) is 0 Å². The molecule has 0 spiro atoms. The van der Waals surface area contributed by atoms with Gasteiger partial charge in [0.05, 0.1) is 10.2 Å². The lowest BCUT2D eigenvalue weighted by Gasteiger charge is -2.01. The summed E-state index contributed by atoms with van der Waals surface area (Å²) >= 11 is 2.72. The molecule has 0 aliphatic carbocycles. The monoisotopic (exact) mass is 223 g/mol. The Morgan fingerprint density at radius 3 is 2.45 bits per heavy atom. The molecule has 5 heteroatoms. The van der Waals surface area contributed by atoms with Crippen LogP contribution in [0.15, 0.2) is 10.5 Å². The van der Waals surface area contributed by atoms with Gasteiger partial charge in [-0.3, -0.25) is 0 Å². The fourth-order valence-electron chi connectivity index (χ4n) is 0.604. The third-order valence-electron chi connectivity index (χ3n) is 1.17. The van der Waals surface area contributed by atoms with Crippen LogP contribution >= 0.6 is 15.9 Å². The topological polar surface area (TPSA) is 46.2 Å². The molecule has 0 aliphatic rings. The predicted molar refractivity (Wildman–Crippen MR) is 40.1 cm³/mol. The molecule has 0 saturated heterocycles. The number of hydrogen-bond donors (Lipinski definition) is 2. The largest absolute Gasteiger partial charge is 0.503 e. The van der Waals surface area contributed by atoms with E-state index in [1.54, 1.807) is 0 Å². The molecule has 1 aromatic rings. The number of aromatic hydroxyl groups is 1. The molecule has 0 bridgehead atoms. The zero-order valence-electron chi connectivity index (χ0n) is 5.24. The summed E-state index contributed by atoms with van der Waals surface area (Å²) in [5.41, 5.74) is 4.91. The number of nitrogens with two attached hydrogens (primary N) is 1. The van der Waals surface area contributed by atoms with E-state index in [1.807, 2.05) is 0 Å². The second-order valence-electron chi connectivity index (χ2n) is 1.92. The quantitative estimate of drug-likeness (QED) is 0.402. The van der Waals surface area contributed by atoms with Crippen molar-refractivity contribution in [1.29, 1.82) is 0 Å². The molecule has 1 rings (SSSR count). The maximum atomic E-state index is 12.5. The fraction of sp³-hybridized carbons (Fsp3) is 0. The van der Waals surface area contributed by atoms with E-state index < -0.39 is 17.4 Å². The van der Waals surface area contributed by atoms with Gasteiger partial charge in [0.15, 0.2) is 11.6 Å². The minimum atomic E-state index is -1.34. The first-order valence-electron chi connectivity index (χ1n) is 2.66. The zero-order chi connectivity index (χ0) is 8.59. The van der Waals surface area contributed by atoms with Crippen molar-refractivity contribution >= 4 is 21.6 Å². The molecule has 0 fully saturated rings. The van der Waals surface area contributed by atoms with Crippen LogP contribution in [0.3, 0.4) is 0 Å². The number of benzene rings is 1. The number of nitrogen functional groups attached to an aromatic ring is 1.